The fraction of sp³-hybridized carbons (Fsp3) is 0.0500. The molecule has 0 fully saturated rings. The molecule has 0 amide bonds. The van der Waals surface area contributed by atoms with Crippen LogP contribution in [0.2, 0.25) is 0 Å². The summed E-state index contributed by atoms with van der Waals surface area (Å²) in [6, 6.07) is 17.8. The molecular weight excluding hydrogens is 286 g/mol. The van der Waals surface area contributed by atoms with E-state index in [4.69, 9.17) is 9.15 Å². The number of hydrogen-bond donors (Lipinski definition) is 0. The minimum absolute atomic E-state index is 0.717. The van der Waals surface area contributed by atoms with E-state index < -0.39 is 0 Å². The van der Waals surface area contributed by atoms with Gasteiger partial charge in [-0.05, 0) is 36.8 Å². The Morgan fingerprint density at radius 2 is 1.78 bits per heavy atom. The van der Waals surface area contributed by atoms with Gasteiger partial charge in [-0.25, -0.2) is 0 Å². The van der Waals surface area contributed by atoms with Crippen molar-refractivity contribution in [1.29, 1.82) is 0 Å². The number of rotatable bonds is 3. The van der Waals surface area contributed by atoms with Crippen LogP contribution < -0.4 is 4.74 Å². The molecule has 0 spiro atoms. The van der Waals surface area contributed by atoms with Gasteiger partial charge in [-0.2, -0.15) is 0 Å². The number of ether oxygens (including phenoxy) is 1. The van der Waals surface area contributed by atoms with Gasteiger partial charge in [-0.15, -0.1) is 0 Å². The van der Waals surface area contributed by atoms with E-state index in [9.17, 15) is 0 Å². The molecule has 0 unspecified atom stereocenters. The standard InChI is InChI=1S/C20H15NO2/c1-14-10-11-21-12-18(14)16-8-5-9-17-19(13-22-20(16)17)23-15-6-3-2-4-7-15/h2-13H,1H3. The van der Waals surface area contributed by atoms with Crippen molar-refractivity contribution in [2.45, 2.75) is 6.92 Å². The highest BCUT2D eigenvalue weighted by Gasteiger charge is 2.14. The van der Waals surface area contributed by atoms with E-state index >= 15 is 0 Å². The van der Waals surface area contributed by atoms with Gasteiger partial charge in [-0.3, -0.25) is 4.98 Å². The Hall–Kier alpha value is -3.07. The number of hydrogen-bond acceptors (Lipinski definition) is 3. The van der Waals surface area contributed by atoms with E-state index in [-0.39, 0.29) is 0 Å². The minimum atomic E-state index is 0.717. The van der Waals surface area contributed by atoms with E-state index in [1.807, 2.05) is 60.8 Å². The summed E-state index contributed by atoms with van der Waals surface area (Å²) in [5.41, 5.74) is 4.07. The number of nitrogens with zero attached hydrogens (tertiary/aromatic N) is 1. The Kier molecular flexibility index (Phi) is 3.31. The molecule has 23 heavy (non-hydrogen) atoms. The van der Waals surface area contributed by atoms with Crippen LogP contribution in [0.1, 0.15) is 5.56 Å². The summed E-state index contributed by atoms with van der Waals surface area (Å²) in [4.78, 5) is 4.23. The van der Waals surface area contributed by atoms with Crippen LogP contribution in [0.4, 0.5) is 0 Å². The van der Waals surface area contributed by atoms with Crippen LogP contribution in [0.5, 0.6) is 11.5 Å². The highest BCUT2D eigenvalue weighted by atomic mass is 16.5. The fourth-order valence-electron chi connectivity index (χ4n) is 2.69. The SMILES string of the molecule is Cc1ccncc1-c1cccc2c(Oc3ccccc3)coc12. The Morgan fingerprint density at radius 1 is 0.913 bits per heavy atom. The molecule has 0 aliphatic rings. The molecule has 2 heterocycles. The molecule has 4 rings (SSSR count). The van der Waals surface area contributed by atoms with E-state index in [0.29, 0.717) is 0 Å². The second-order valence-corrected chi connectivity index (χ2v) is 5.39. The summed E-state index contributed by atoms with van der Waals surface area (Å²) in [6.07, 6.45) is 5.32. The van der Waals surface area contributed by atoms with Crippen molar-refractivity contribution in [2.75, 3.05) is 0 Å². The van der Waals surface area contributed by atoms with E-state index in [1.165, 1.54) is 0 Å². The first-order valence-corrected chi connectivity index (χ1v) is 7.47. The van der Waals surface area contributed by atoms with Crippen LogP contribution >= 0.6 is 0 Å². The van der Waals surface area contributed by atoms with Gasteiger partial charge in [0, 0.05) is 23.5 Å². The predicted molar refractivity (Wildman–Crippen MR) is 90.7 cm³/mol. The number of pyridine rings is 1. The summed E-state index contributed by atoms with van der Waals surface area (Å²) in [7, 11) is 0. The number of benzene rings is 2. The highest BCUT2D eigenvalue weighted by Crippen LogP contribution is 2.37. The monoisotopic (exact) mass is 301 g/mol. The number of aromatic nitrogens is 1. The van der Waals surface area contributed by atoms with Crippen molar-refractivity contribution >= 4 is 11.0 Å². The van der Waals surface area contributed by atoms with Gasteiger partial charge < -0.3 is 9.15 Å². The smallest absolute Gasteiger partial charge is 0.173 e. The van der Waals surface area contributed by atoms with Crippen molar-refractivity contribution in [1.82, 2.24) is 4.98 Å². The van der Waals surface area contributed by atoms with Gasteiger partial charge in [0.2, 0.25) is 0 Å². The molecule has 0 saturated heterocycles. The largest absolute Gasteiger partial charge is 0.460 e. The van der Waals surface area contributed by atoms with Gasteiger partial charge in [-0.1, -0.05) is 30.3 Å². The topological polar surface area (TPSA) is 35.3 Å². The van der Waals surface area contributed by atoms with Gasteiger partial charge in [0.15, 0.2) is 5.75 Å². The summed E-state index contributed by atoms with van der Waals surface area (Å²) >= 11 is 0. The second-order valence-electron chi connectivity index (χ2n) is 5.39. The molecule has 0 N–H and O–H groups in total. The highest BCUT2D eigenvalue weighted by molar-refractivity contribution is 5.96. The van der Waals surface area contributed by atoms with E-state index in [0.717, 1.165) is 39.2 Å². The molecule has 3 nitrogen and oxygen atoms in total. The van der Waals surface area contributed by atoms with Crippen LogP contribution in [0, 0.1) is 6.92 Å². The summed E-state index contributed by atoms with van der Waals surface area (Å²) in [6.45, 7) is 2.07. The lowest BCUT2D eigenvalue weighted by Gasteiger charge is -2.06. The van der Waals surface area contributed by atoms with E-state index in [1.54, 1.807) is 12.5 Å². The van der Waals surface area contributed by atoms with Crippen molar-refractivity contribution in [3.8, 4) is 22.6 Å². The fourth-order valence-corrected chi connectivity index (χ4v) is 2.69. The minimum Gasteiger partial charge on any atom is -0.460 e. The third kappa shape index (κ3) is 2.46. The van der Waals surface area contributed by atoms with Crippen LogP contribution in [-0.2, 0) is 0 Å². The molecule has 0 saturated carbocycles. The maximum Gasteiger partial charge on any atom is 0.173 e. The molecule has 0 aliphatic heterocycles. The molecule has 0 atom stereocenters. The van der Waals surface area contributed by atoms with Crippen LogP contribution in [0.25, 0.3) is 22.1 Å². The molecule has 0 radical (unpaired) electrons. The molecular formula is C20H15NO2. The first-order valence-electron chi connectivity index (χ1n) is 7.47. The maximum absolute atomic E-state index is 5.94. The molecule has 3 heteroatoms. The zero-order valence-electron chi connectivity index (χ0n) is 12.7. The zero-order valence-corrected chi connectivity index (χ0v) is 12.7. The van der Waals surface area contributed by atoms with Crippen molar-refractivity contribution in [3.05, 3.63) is 78.8 Å². The van der Waals surface area contributed by atoms with Gasteiger partial charge in [0.05, 0.1) is 5.39 Å². The van der Waals surface area contributed by atoms with Crippen LogP contribution in [-0.4, -0.2) is 4.98 Å². The van der Waals surface area contributed by atoms with Crippen LogP contribution in [0.15, 0.2) is 77.7 Å². The van der Waals surface area contributed by atoms with Gasteiger partial charge in [0.25, 0.3) is 0 Å². The molecule has 112 valence electrons. The lowest BCUT2D eigenvalue weighted by Crippen LogP contribution is -1.86. The normalized spacial score (nSPS) is 10.8. The van der Waals surface area contributed by atoms with E-state index in [2.05, 4.69) is 11.9 Å². The zero-order chi connectivity index (χ0) is 15.6. The van der Waals surface area contributed by atoms with Crippen molar-refractivity contribution in [2.24, 2.45) is 0 Å². The molecule has 0 bridgehead atoms. The van der Waals surface area contributed by atoms with Crippen LogP contribution in [0.3, 0.4) is 0 Å². The lowest BCUT2D eigenvalue weighted by molar-refractivity contribution is 0.472. The number of fused-ring (bicyclic) bond motifs is 1. The Morgan fingerprint density at radius 3 is 2.61 bits per heavy atom. The van der Waals surface area contributed by atoms with Gasteiger partial charge in [0.1, 0.15) is 17.6 Å². The molecule has 2 aromatic carbocycles. The predicted octanol–water partition coefficient (Wildman–Crippen LogP) is 5.60. The molecule has 0 aliphatic carbocycles. The third-order valence-corrected chi connectivity index (χ3v) is 3.86. The average Bonchev–Trinajstić information content (AvgIpc) is 3.00. The van der Waals surface area contributed by atoms with Crippen molar-refractivity contribution < 1.29 is 9.15 Å². The second kappa shape index (κ2) is 5.61. The lowest BCUT2D eigenvalue weighted by atomic mass is 10.0. The molecule has 4 aromatic rings. The number of aryl methyl sites for hydroxylation is 1. The van der Waals surface area contributed by atoms with Gasteiger partial charge >= 0.3 is 0 Å². The Bertz CT molecular complexity index is 958. The van der Waals surface area contributed by atoms with Crippen molar-refractivity contribution in [3.63, 3.8) is 0 Å². The first-order chi connectivity index (χ1) is 11.3. The molecule has 2 aromatic heterocycles. The number of furan rings is 1. The first kappa shape index (κ1) is 13.6. The summed E-state index contributed by atoms with van der Waals surface area (Å²) in [5, 5.41) is 0.953. The maximum atomic E-state index is 5.94. The quantitative estimate of drug-likeness (QED) is 0.494. The average molecular weight is 301 g/mol. The number of para-hydroxylation sites is 2. The third-order valence-electron chi connectivity index (χ3n) is 3.86. The Balaban J connectivity index is 1.83. The summed E-state index contributed by atoms with van der Waals surface area (Å²) < 4.78 is 11.8. The Labute approximate surface area is 134 Å². The summed E-state index contributed by atoms with van der Waals surface area (Å²) in [5.74, 6) is 1.51.